The van der Waals surface area contributed by atoms with E-state index in [1.54, 1.807) is 11.8 Å². The lowest BCUT2D eigenvalue weighted by molar-refractivity contribution is 0.0774. The van der Waals surface area contributed by atoms with E-state index in [4.69, 9.17) is 9.15 Å². The van der Waals surface area contributed by atoms with Gasteiger partial charge in [0, 0.05) is 37.2 Å². The summed E-state index contributed by atoms with van der Waals surface area (Å²) >= 11 is 1.72. The van der Waals surface area contributed by atoms with Crippen LogP contribution in [-0.2, 0) is 10.5 Å². The van der Waals surface area contributed by atoms with E-state index in [9.17, 15) is 4.79 Å². The summed E-state index contributed by atoms with van der Waals surface area (Å²) in [6.07, 6.45) is 3.62. The number of likely N-dealkylation sites (tertiary alicyclic amines) is 1. The lowest BCUT2D eigenvalue weighted by Gasteiger charge is -2.39. The Labute approximate surface area is 182 Å². The number of hydrogen-bond acceptors (Lipinski definition) is 5. The SMILES string of the molecule is O=C(NC1[C@@H]2CC[C@H]1CN(CC1CCOC1)C2)c1ccc(CSc2ccccc2)o1. The fourth-order valence-electron chi connectivity index (χ4n) is 5.27. The number of nitrogens with zero attached hydrogens (tertiary/aromatic N) is 1. The highest BCUT2D eigenvalue weighted by Gasteiger charge is 2.43. The summed E-state index contributed by atoms with van der Waals surface area (Å²) in [5.74, 6) is 3.73. The van der Waals surface area contributed by atoms with E-state index in [0.29, 0.717) is 23.5 Å². The number of carbonyl (C=O) groups is 1. The molecule has 0 spiro atoms. The van der Waals surface area contributed by atoms with Gasteiger partial charge in [0.25, 0.3) is 5.91 Å². The van der Waals surface area contributed by atoms with Crippen LogP contribution in [0, 0.1) is 17.8 Å². The summed E-state index contributed by atoms with van der Waals surface area (Å²) in [4.78, 5) is 16.6. The molecule has 0 radical (unpaired) electrons. The monoisotopic (exact) mass is 426 g/mol. The molecule has 2 bridgehead atoms. The second-order valence-corrected chi connectivity index (χ2v) is 9.96. The molecule has 1 N–H and O–H groups in total. The number of hydrogen-bond donors (Lipinski definition) is 1. The zero-order valence-corrected chi connectivity index (χ0v) is 18.1. The minimum absolute atomic E-state index is 0.0643. The van der Waals surface area contributed by atoms with Crippen molar-refractivity contribution in [2.24, 2.45) is 17.8 Å². The number of amides is 1. The summed E-state index contributed by atoms with van der Waals surface area (Å²) in [6.45, 7) is 5.16. The summed E-state index contributed by atoms with van der Waals surface area (Å²) in [5.41, 5.74) is 0. The van der Waals surface area contributed by atoms with Gasteiger partial charge < -0.3 is 19.4 Å². The van der Waals surface area contributed by atoms with E-state index >= 15 is 0 Å². The molecule has 2 aliphatic heterocycles. The molecule has 5 rings (SSSR count). The Kier molecular flexibility index (Phi) is 6.16. The molecule has 3 aliphatic rings. The number of nitrogens with one attached hydrogen (secondary N) is 1. The molecular weight excluding hydrogens is 396 g/mol. The van der Waals surface area contributed by atoms with Crippen LogP contribution < -0.4 is 5.32 Å². The van der Waals surface area contributed by atoms with Gasteiger partial charge in [0.2, 0.25) is 0 Å². The number of fused-ring (bicyclic) bond motifs is 2. The molecule has 1 saturated carbocycles. The standard InChI is InChI=1S/C24H30N2O3S/c27-24(22-9-8-20(29-22)16-30-21-4-2-1-3-5-21)25-23-18-6-7-19(23)14-26(13-18)12-17-10-11-28-15-17/h1-5,8-9,17-19,23H,6-7,10-16H2,(H,25,27)/t17?,18-,19+,23?. The van der Waals surface area contributed by atoms with Gasteiger partial charge in [-0.25, -0.2) is 0 Å². The van der Waals surface area contributed by atoms with E-state index in [0.717, 1.165) is 44.4 Å². The van der Waals surface area contributed by atoms with E-state index in [-0.39, 0.29) is 11.9 Å². The molecule has 1 aromatic heterocycles. The van der Waals surface area contributed by atoms with Crippen LogP contribution in [0.1, 0.15) is 35.6 Å². The van der Waals surface area contributed by atoms with Gasteiger partial charge in [-0.2, -0.15) is 0 Å². The molecule has 3 fully saturated rings. The van der Waals surface area contributed by atoms with E-state index in [2.05, 4.69) is 22.3 Å². The first kappa shape index (κ1) is 20.2. The second kappa shape index (κ2) is 9.16. The molecule has 6 heteroatoms. The lowest BCUT2D eigenvalue weighted by Crippen LogP contribution is -2.53. The van der Waals surface area contributed by atoms with Crippen molar-refractivity contribution in [3.05, 3.63) is 54.0 Å². The van der Waals surface area contributed by atoms with Crippen molar-refractivity contribution in [1.82, 2.24) is 10.2 Å². The molecular formula is C24H30N2O3S. The van der Waals surface area contributed by atoms with Crippen molar-refractivity contribution < 1.29 is 13.9 Å². The predicted molar refractivity (Wildman–Crippen MR) is 118 cm³/mol. The van der Waals surface area contributed by atoms with E-state index < -0.39 is 0 Å². The third-order valence-corrected chi connectivity index (χ3v) is 7.79. The molecule has 3 heterocycles. The van der Waals surface area contributed by atoms with Crippen LogP contribution >= 0.6 is 11.8 Å². The van der Waals surface area contributed by atoms with Crippen LogP contribution in [0.15, 0.2) is 51.8 Å². The van der Waals surface area contributed by atoms with Gasteiger partial charge in [-0.15, -0.1) is 11.8 Å². The Morgan fingerprint density at radius 3 is 2.60 bits per heavy atom. The topological polar surface area (TPSA) is 54.7 Å². The zero-order chi connectivity index (χ0) is 20.3. The highest BCUT2D eigenvalue weighted by atomic mass is 32.2. The number of carbonyl (C=O) groups excluding carboxylic acids is 1. The van der Waals surface area contributed by atoms with Crippen LogP contribution in [0.3, 0.4) is 0 Å². The van der Waals surface area contributed by atoms with Gasteiger partial charge in [-0.05, 0) is 61.3 Å². The minimum atomic E-state index is -0.0643. The van der Waals surface area contributed by atoms with E-state index in [1.165, 1.54) is 24.2 Å². The first-order valence-electron chi connectivity index (χ1n) is 11.1. The maximum absolute atomic E-state index is 12.8. The Balaban J connectivity index is 1.14. The molecule has 160 valence electrons. The van der Waals surface area contributed by atoms with Gasteiger partial charge in [0.15, 0.2) is 5.76 Å². The molecule has 1 aromatic carbocycles. The van der Waals surface area contributed by atoms with Crippen molar-refractivity contribution in [2.75, 3.05) is 32.8 Å². The Hall–Kier alpha value is -1.76. The molecule has 2 aromatic rings. The Morgan fingerprint density at radius 1 is 1.07 bits per heavy atom. The Bertz CT molecular complexity index is 835. The van der Waals surface area contributed by atoms with Crippen molar-refractivity contribution >= 4 is 17.7 Å². The van der Waals surface area contributed by atoms with E-state index in [1.807, 2.05) is 30.3 Å². The largest absolute Gasteiger partial charge is 0.455 e. The molecule has 2 unspecified atom stereocenters. The smallest absolute Gasteiger partial charge is 0.287 e. The number of ether oxygens (including phenoxy) is 1. The quantitative estimate of drug-likeness (QED) is 0.677. The Morgan fingerprint density at radius 2 is 1.87 bits per heavy atom. The fraction of sp³-hybridized carbons (Fsp3) is 0.542. The van der Waals surface area contributed by atoms with Crippen molar-refractivity contribution in [3.63, 3.8) is 0 Å². The van der Waals surface area contributed by atoms with Crippen LogP contribution in [0.25, 0.3) is 0 Å². The number of piperidine rings is 1. The number of benzene rings is 1. The van der Waals surface area contributed by atoms with Crippen LogP contribution in [0.2, 0.25) is 0 Å². The number of rotatable bonds is 7. The molecule has 1 amide bonds. The average molecular weight is 427 g/mol. The normalized spacial score (nSPS) is 28.7. The second-order valence-electron chi connectivity index (χ2n) is 8.91. The van der Waals surface area contributed by atoms with Crippen molar-refractivity contribution in [3.8, 4) is 0 Å². The number of thioether (sulfide) groups is 1. The number of furan rings is 1. The van der Waals surface area contributed by atoms with Gasteiger partial charge in [-0.1, -0.05) is 18.2 Å². The first-order chi connectivity index (χ1) is 14.7. The lowest BCUT2D eigenvalue weighted by atomic mass is 9.91. The maximum atomic E-state index is 12.8. The molecule has 2 saturated heterocycles. The van der Waals surface area contributed by atoms with Gasteiger partial charge in [0.05, 0.1) is 12.4 Å². The maximum Gasteiger partial charge on any atom is 0.287 e. The average Bonchev–Trinajstić information content (AvgIpc) is 3.49. The van der Waals surface area contributed by atoms with Gasteiger partial charge in [0.1, 0.15) is 5.76 Å². The zero-order valence-electron chi connectivity index (χ0n) is 17.3. The summed E-state index contributed by atoms with van der Waals surface area (Å²) in [7, 11) is 0. The first-order valence-corrected chi connectivity index (χ1v) is 12.1. The molecule has 5 nitrogen and oxygen atoms in total. The minimum Gasteiger partial charge on any atom is -0.455 e. The van der Waals surface area contributed by atoms with Gasteiger partial charge in [-0.3, -0.25) is 4.79 Å². The van der Waals surface area contributed by atoms with Gasteiger partial charge >= 0.3 is 0 Å². The fourth-order valence-corrected chi connectivity index (χ4v) is 6.08. The summed E-state index contributed by atoms with van der Waals surface area (Å²) in [6, 6.07) is 14.3. The molecule has 30 heavy (non-hydrogen) atoms. The third kappa shape index (κ3) is 4.61. The predicted octanol–water partition coefficient (Wildman–Crippen LogP) is 4.05. The van der Waals surface area contributed by atoms with Crippen LogP contribution in [-0.4, -0.2) is 49.7 Å². The summed E-state index contributed by atoms with van der Waals surface area (Å²) in [5, 5.41) is 3.31. The highest BCUT2D eigenvalue weighted by Crippen LogP contribution is 2.37. The third-order valence-electron chi connectivity index (χ3n) is 6.76. The highest BCUT2D eigenvalue weighted by molar-refractivity contribution is 7.98. The van der Waals surface area contributed by atoms with Crippen molar-refractivity contribution in [1.29, 1.82) is 0 Å². The summed E-state index contributed by atoms with van der Waals surface area (Å²) < 4.78 is 11.4. The van der Waals surface area contributed by atoms with Crippen LogP contribution in [0.4, 0.5) is 0 Å². The molecule has 4 atom stereocenters. The molecule has 1 aliphatic carbocycles. The van der Waals surface area contributed by atoms with Crippen LogP contribution in [0.5, 0.6) is 0 Å². The van der Waals surface area contributed by atoms with Crippen molar-refractivity contribution in [2.45, 2.75) is 36.0 Å².